The quantitative estimate of drug-likeness (QED) is 0.562. The summed E-state index contributed by atoms with van der Waals surface area (Å²) in [6.45, 7) is 2.36. The topological polar surface area (TPSA) is 87.1 Å². The molecule has 0 aliphatic heterocycles. The Morgan fingerprint density at radius 2 is 2.00 bits per heavy atom. The van der Waals surface area contributed by atoms with E-state index in [2.05, 4.69) is 20.6 Å². The predicted molar refractivity (Wildman–Crippen MR) is 96.4 cm³/mol. The molecule has 0 spiro atoms. The van der Waals surface area contributed by atoms with Crippen LogP contribution in [0.2, 0.25) is 0 Å². The number of aromatic nitrogens is 2. The third-order valence-electron chi connectivity index (χ3n) is 3.75. The maximum atomic E-state index is 13.3. The Morgan fingerprint density at radius 1 is 1.26 bits per heavy atom. The van der Waals surface area contributed by atoms with Gasteiger partial charge in [-0.1, -0.05) is 6.07 Å². The summed E-state index contributed by atoms with van der Waals surface area (Å²) in [5.74, 6) is -0.143. The summed E-state index contributed by atoms with van der Waals surface area (Å²) < 4.78 is 40.0. The SMILES string of the molecule is Cc1csc(C(O)(CC(=O)NCCCCNc2ccccn2)C(F)(F)F)n1. The van der Waals surface area contributed by atoms with Crippen LogP contribution in [0.25, 0.3) is 0 Å². The van der Waals surface area contributed by atoms with Gasteiger partial charge < -0.3 is 15.7 Å². The van der Waals surface area contributed by atoms with Crippen molar-refractivity contribution >= 4 is 23.1 Å². The van der Waals surface area contributed by atoms with E-state index >= 15 is 0 Å². The van der Waals surface area contributed by atoms with Crippen molar-refractivity contribution in [3.05, 3.63) is 40.5 Å². The van der Waals surface area contributed by atoms with Crippen LogP contribution in [0.3, 0.4) is 0 Å². The van der Waals surface area contributed by atoms with E-state index in [0.717, 1.165) is 5.82 Å². The third-order valence-corrected chi connectivity index (χ3v) is 4.87. The van der Waals surface area contributed by atoms with Crippen molar-refractivity contribution in [2.24, 2.45) is 0 Å². The van der Waals surface area contributed by atoms with Crippen LogP contribution in [0.4, 0.5) is 19.0 Å². The first-order chi connectivity index (χ1) is 12.7. The lowest BCUT2D eigenvalue weighted by molar-refractivity contribution is -0.267. The summed E-state index contributed by atoms with van der Waals surface area (Å²) in [7, 11) is 0. The maximum absolute atomic E-state index is 13.3. The number of anilines is 1. The van der Waals surface area contributed by atoms with Crippen LogP contribution >= 0.6 is 11.3 Å². The molecular weight excluding hydrogens is 381 g/mol. The summed E-state index contributed by atoms with van der Waals surface area (Å²) in [6, 6.07) is 5.47. The first kappa shape index (κ1) is 21.1. The zero-order valence-electron chi connectivity index (χ0n) is 14.7. The molecule has 0 aliphatic rings. The van der Waals surface area contributed by atoms with Crippen LogP contribution in [-0.4, -0.2) is 40.2 Å². The molecule has 2 rings (SSSR count). The molecule has 1 amide bonds. The maximum Gasteiger partial charge on any atom is 0.424 e. The fourth-order valence-electron chi connectivity index (χ4n) is 2.30. The summed E-state index contributed by atoms with van der Waals surface area (Å²) in [5, 5.41) is 16.5. The van der Waals surface area contributed by atoms with Gasteiger partial charge in [-0.2, -0.15) is 13.2 Å². The van der Waals surface area contributed by atoms with Crippen LogP contribution in [0.1, 0.15) is 30.0 Å². The Hall–Kier alpha value is -2.20. The zero-order chi connectivity index (χ0) is 19.9. The first-order valence-corrected chi connectivity index (χ1v) is 9.23. The minimum atomic E-state index is -5.00. The lowest BCUT2D eigenvalue weighted by Crippen LogP contribution is -2.46. The van der Waals surface area contributed by atoms with Gasteiger partial charge in [-0.15, -0.1) is 11.3 Å². The molecule has 2 aromatic rings. The van der Waals surface area contributed by atoms with E-state index in [1.807, 2.05) is 12.1 Å². The van der Waals surface area contributed by atoms with Gasteiger partial charge in [-0.25, -0.2) is 9.97 Å². The van der Waals surface area contributed by atoms with E-state index in [-0.39, 0.29) is 6.54 Å². The van der Waals surface area contributed by atoms with Gasteiger partial charge in [0.05, 0.1) is 6.42 Å². The molecule has 10 heteroatoms. The van der Waals surface area contributed by atoms with E-state index in [4.69, 9.17) is 0 Å². The molecule has 1 atom stereocenters. The normalized spacial score (nSPS) is 13.8. The van der Waals surface area contributed by atoms with Crippen molar-refractivity contribution in [1.29, 1.82) is 0 Å². The minimum Gasteiger partial charge on any atom is -0.374 e. The molecular formula is C17H21F3N4O2S. The molecule has 27 heavy (non-hydrogen) atoms. The second-order valence-electron chi connectivity index (χ2n) is 6.03. The van der Waals surface area contributed by atoms with Gasteiger partial charge in [0.1, 0.15) is 10.8 Å². The van der Waals surface area contributed by atoms with E-state index in [9.17, 15) is 23.1 Å². The minimum absolute atomic E-state index is 0.216. The van der Waals surface area contributed by atoms with Gasteiger partial charge in [-0.05, 0) is 31.9 Å². The number of carbonyl (C=O) groups excluding carboxylic acids is 1. The van der Waals surface area contributed by atoms with Crippen molar-refractivity contribution in [2.45, 2.75) is 38.0 Å². The first-order valence-electron chi connectivity index (χ1n) is 8.36. The van der Waals surface area contributed by atoms with Crippen molar-refractivity contribution in [3.63, 3.8) is 0 Å². The molecule has 2 aromatic heterocycles. The van der Waals surface area contributed by atoms with Gasteiger partial charge in [0, 0.05) is 30.4 Å². The number of amides is 1. The Balaban J connectivity index is 1.77. The van der Waals surface area contributed by atoms with Crippen LogP contribution in [-0.2, 0) is 10.4 Å². The molecule has 148 valence electrons. The number of alkyl halides is 3. The van der Waals surface area contributed by atoms with Crippen molar-refractivity contribution < 1.29 is 23.1 Å². The number of aryl methyl sites for hydroxylation is 1. The number of thiazole rings is 1. The highest BCUT2D eigenvalue weighted by atomic mass is 32.1. The van der Waals surface area contributed by atoms with Crippen LogP contribution < -0.4 is 10.6 Å². The number of carbonyl (C=O) groups is 1. The highest BCUT2D eigenvalue weighted by molar-refractivity contribution is 7.09. The van der Waals surface area contributed by atoms with Gasteiger partial charge >= 0.3 is 6.18 Å². The number of pyridine rings is 1. The Kier molecular flexibility index (Phi) is 7.14. The molecule has 0 radical (unpaired) electrons. The van der Waals surface area contributed by atoms with Crippen molar-refractivity contribution in [3.8, 4) is 0 Å². The fraction of sp³-hybridized carbons (Fsp3) is 0.471. The second-order valence-corrected chi connectivity index (χ2v) is 6.89. The number of aliphatic hydroxyl groups is 1. The number of nitrogens with zero attached hydrogens (tertiary/aromatic N) is 2. The molecule has 0 bridgehead atoms. The number of halogens is 3. The number of hydrogen-bond donors (Lipinski definition) is 3. The van der Waals surface area contributed by atoms with E-state index < -0.39 is 29.1 Å². The molecule has 0 saturated carbocycles. The average Bonchev–Trinajstić information content (AvgIpc) is 3.05. The van der Waals surface area contributed by atoms with Gasteiger partial charge in [-0.3, -0.25) is 4.79 Å². The Labute approximate surface area is 158 Å². The molecule has 2 heterocycles. The summed E-state index contributed by atoms with van der Waals surface area (Å²) >= 11 is 0.683. The highest BCUT2D eigenvalue weighted by Gasteiger charge is 2.58. The van der Waals surface area contributed by atoms with Crippen LogP contribution in [0, 0.1) is 6.92 Å². The van der Waals surface area contributed by atoms with Gasteiger partial charge in [0.25, 0.3) is 0 Å². The van der Waals surface area contributed by atoms with Gasteiger partial charge in [0.15, 0.2) is 0 Å². The summed E-state index contributed by atoms with van der Waals surface area (Å²) in [5.41, 5.74) is -2.92. The highest BCUT2D eigenvalue weighted by Crippen LogP contribution is 2.42. The summed E-state index contributed by atoms with van der Waals surface area (Å²) in [6.07, 6.45) is -3.18. The molecule has 0 aliphatic carbocycles. The van der Waals surface area contributed by atoms with E-state index in [0.29, 0.717) is 36.4 Å². The number of rotatable bonds is 9. The molecule has 6 nitrogen and oxygen atoms in total. The molecule has 0 aromatic carbocycles. The largest absolute Gasteiger partial charge is 0.424 e. The Bertz CT molecular complexity index is 739. The van der Waals surface area contributed by atoms with Crippen LogP contribution in [0.15, 0.2) is 29.8 Å². The van der Waals surface area contributed by atoms with Crippen molar-refractivity contribution in [2.75, 3.05) is 18.4 Å². The molecule has 1 unspecified atom stereocenters. The standard InChI is InChI=1S/C17H21F3N4O2S/c1-12-11-27-15(24-12)16(26,17(18,19)20)10-14(25)23-9-5-4-8-22-13-6-2-3-7-21-13/h2-3,6-7,11,26H,4-5,8-10H2,1H3,(H,21,22)(H,23,25). The fourth-order valence-corrected chi connectivity index (χ4v) is 3.21. The second kappa shape index (κ2) is 9.14. The summed E-state index contributed by atoms with van der Waals surface area (Å²) in [4.78, 5) is 19.7. The molecule has 0 fully saturated rings. The number of unbranched alkanes of at least 4 members (excludes halogenated alkanes) is 1. The van der Waals surface area contributed by atoms with E-state index in [1.54, 1.807) is 12.3 Å². The monoisotopic (exact) mass is 402 g/mol. The lowest BCUT2D eigenvalue weighted by atomic mass is 9.99. The van der Waals surface area contributed by atoms with E-state index in [1.165, 1.54) is 12.3 Å². The van der Waals surface area contributed by atoms with Gasteiger partial charge in [0.2, 0.25) is 11.5 Å². The van der Waals surface area contributed by atoms with Crippen LogP contribution in [0.5, 0.6) is 0 Å². The average molecular weight is 402 g/mol. The van der Waals surface area contributed by atoms with Crippen molar-refractivity contribution in [1.82, 2.24) is 15.3 Å². The Morgan fingerprint density at radius 3 is 2.59 bits per heavy atom. The predicted octanol–water partition coefficient (Wildman–Crippen LogP) is 3.00. The smallest absolute Gasteiger partial charge is 0.374 e. The molecule has 0 saturated heterocycles. The third kappa shape index (κ3) is 5.90. The number of nitrogens with one attached hydrogen (secondary N) is 2. The zero-order valence-corrected chi connectivity index (χ0v) is 15.5. The molecule has 3 N–H and O–H groups in total. The lowest BCUT2D eigenvalue weighted by Gasteiger charge is -2.27. The number of hydrogen-bond acceptors (Lipinski definition) is 6.